The van der Waals surface area contributed by atoms with Gasteiger partial charge in [0.2, 0.25) is 11.8 Å². The second kappa shape index (κ2) is 4.29. The van der Waals surface area contributed by atoms with Gasteiger partial charge in [-0.15, -0.1) is 0 Å². The lowest BCUT2D eigenvalue weighted by Gasteiger charge is -2.40. The Morgan fingerprint density at radius 1 is 1.59 bits per heavy atom. The third-order valence-electron chi connectivity index (χ3n) is 3.95. The number of rotatable bonds is 2. The van der Waals surface area contributed by atoms with Gasteiger partial charge in [-0.3, -0.25) is 9.59 Å². The molecule has 0 radical (unpaired) electrons. The number of piperidine rings is 1. The number of hydrogen-bond donors (Lipinski definition) is 2. The number of nitrogens with two attached hydrogens (primary N) is 1. The van der Waals surface area contributed by atoms with Crippen molar-refractivity contribution in [3.63, 3.8) is 0 Å². The van der Waals surface area contributed by atoms with Gasteiger partial charge < -0.3 is 16.0 Å². The van der Waals surface area contributed by atoms with Gasteiger partial charge in [0.1, 0.15) is 0 Å². The third-order valence-corrected chi connectivity index (χ3v) is 3.95. The molecule has 0 spiro atoms. The van der Waals surface area contributed by atoms with Gasteiger partial charge in [0, 0.05) is 19.6 Å². The molecule has 0 bridgehead atoms. The lowest BCUT2D eigenvalue weighted by atomic mass is 9.86. The van der Waals surface area contributed by atoms with Crippen molar-refractivity contribution >= 4 is 11.8 Å². The van der Waals surface area contributed by atoms with E-state index in [2.05, 4.69) is 5.32 Å². The summed E-state index contributed by atoms with van der Waals surface area (Å²) in [6.07, 6.45) is 1.80. The molecule has 5 heteroatoms. The van der Waals surface area contributed by atoms with Crippen molar-refractivity contribution in [3.05, 3.63) is 0 Å². The predicted molar refractivity (Wildman–Crippen MR) is 64.1 cm³/mol. The zero-order chi connectivity index (χ0) is 12.6. The Labute approximate surface area is 102 Å². The van der Waals surface area contributed by atoms with Crippen LogP contribution in [0.25, 0.3) is 0 Å². The third kappa shape index (κ3) is 2.04. The van der Waals surface area contributed by atoms with E-state index in [1.165, 1.54) is 0 Å². The van der Waals surface area contributed by atoms with E-state index in [0.717, 1.165) is 19.4 Å². The van der Waals surface area contributed by atoms with Gasteiger partial charge in [-0.2, -0.15) is 0 Å². The molecule has 0 aromatic heterocycles. The lowest BCUT2D eigenvalue weighted by Crippen LogP contribution is -2.54. The molecular formula is C12H21N3O2. The summed E-state index contributed by atoms with van der Waals surface area (Å²) in [5.74, 6) is 0.158. The van der Waals surface area contributed by atoms with Gasteiger partial charge in [0.15, 0.2) is 0 Å². The Hall–Kier alpha value is -1.10. The fraction of sp³-hybridized carbons (Fsp3) is 0.833. The summed E-state index contributed by atoms with van der Waals surface area (Å²) in [4.78, 5) is 25.9. The van der Waals surface area contributed by atoms with Crippen LogP contribution in [0.15, 0.2) is 0 Å². The Balaban J connectivity index is 2.16. The molecule has 5 nitrogen and oxygen atoms in total. The molecular weight excluding hydrogens is 218 g/mol. The van der Waals surface area contributed by atoms with Gasteiger partial charge in [-0.05, 0) is 26.7 Å². The fourth-order valence-electron chi connectivity index (χ4n) is 2.68. The highest BCUT2D eigenvalue weighted by Gasteiger charge is 2.45. The van der Waals surface area contributed by atoms with E-state index in [4.69, 9.17) is 5.73 Å². The zero-order valence-corrected chi connectivity index (χ0v) is 10.5. The normalized spacial score (nSPS) is 28.9. The van der Waals surface area contributed by atoms with Gasteiger partial charge >= 0.3 is 0 Å². The first-order chi connectivity index (χ1) is 7.97. The van der Waals surface area contributed by atoms with Crippen LogP contribution in [0.5, 0.6) is 0 Å². The molecule has 2 amide bonds. The maximum atomic E-state index is 12.4. The fourth-order valence-corrected chi connectivity index (χ4v) is 2.68. The minimum absolute atomic E-state index is 0.0127. The van der Waals surface area contributed by atoms with Crippen LogP contribution >= 0.6 is 0 Å². The largest absolute Gasteiger partial charge is 0.354 e. The highest BCUT2D eigenvalue weighted by molar-refractivity contribution is 5.86. The minimum atomic E-state index is -0.534. The van der Waals surface area contributed by atoms with Crippen LogP contribution in [0.2, 0.25) is 0 Å². The van der Waals surface area contributed by atoms with Crippen molar-refractivity contribution in [3.8, 4) is 0 Å². The highest BCUT2D eigenvalue weighted by Crippen LogP contribution is 2.30. The quantitative estimate of drug-likeness (QED) is 0.695. The zero-order valence-electron chi connectivity index (χ0n) is 10.5. The molecule has 0 aromatic rings. The molecule has 2 rings (SSSR count). The van der Waals surface area contributed by atoms with Crippen LogP contribution in [-0.2, 0) is 9.59 Å². The molecule has 0 aliphatic carbocycles. The van der Waals surface area contributed by atoms with Crippen molar-refractivity contribution in [2.24, 2.45) is 17.1 Å². The van der Waals surface area contributed by atoms with E-state index < -0.39 is 5.41 Å². The first-order valence-electron chi connectivity index (χ1n) is 6.26. The van der Waals surface area contributed by atoms with Crippen molar-refractivity contribution in [1.29, 1.82) is 0 Å². The average molecular weight is 239 g/mol. The molecule has 2 atom stereocenters. The van der Waals surface area contributed by atoms with Crippen LogP contribution in [-0.4, -0.2) is 42.4 Å². The van der Waals surface area contributed by atoms with Gasteiger partial charge in [0.05, 0.1) is 17.4 Å². The molecule has 2 heterocycles. The first-order valence-corrected chi connectivity index (χ1v) is 6.26. The lowest BCUT2D eigenvalue weighted by molar-refractivity contribution is -0.145. The van der Waals surface area contributed by atoms with Gasteiger partial charge in [0.25, 0.3) is 0 Å². The maximum absolute atomic E-state index is 12.4. The molecule has 2 saturated heterocycles. The van der Waals surface area contributed by atoms with Crippen molar-refractivity contribution in [2.75, 3.05) is 19.6 Å². The number of carbonyl (C=O) groups excluding carboxylic acids is 2. The number of fused-ring (bicyclic) bond motifs is 1. The Morgan fingerprint density at radius 3 is 2.94 bits per heavy atom. The second-order valence-corrected chi connectivity index (χ2v) is 5.65. The molecule has 2 unspecified atom stereocenters. The van der Waals surface area contributed by atoms with Crippen molar-refractivity contribution in [1.82, 2.24) is 10.2 Å². The van der Waals surface area contributed by atoms with E-state index in [-0.39, 0.29) is 23.8 Å². The monoisotopic (exact) mass is 239 g/mol. The van der Waals surface area contributed by atoms with Crippen LogP contribution < -0.4 is 11.1 Å². The molecule has 0 saturated carbocycles. The van der Waals surface area contributed by atoms with Crippen LogP contribution in [0.4, 0.5) is 0 Å². The van der Waals surface area contributed by atoms with E-state index >= 15 is 0 Å². The maximum Gasteiger partial charge on any atom is 0.229 e. The van der Waals surface area contributed by atoms with Gasteiger partial charge in [-0.25, -0.2) is 0 Å². The molecule has 2 aliphatic rings. The van der Waals surface area contributed by atoms with Crippen molar-refractivity contribution in [2.45, 2.75) is 32.7 Å². The highest BCUT2D eigenvalue weighted by atomic mass is 16.2. The first kappa shape index (κ1) is 12.4. The second-order valence-electron chi connectivity index (χ2n) is 5.65. The standard InChI is InChI=1S/C12H21N3O2/c1-12(2,7-13)11(17)15-5-3-4-8-9(15)6-14-10(8)16/h8-9H,3-7,13H2,1-2H3,(H,14,16). The number of amides is 2. The number of nitrogens with zero attached hydrogens (tertiary/aromatic N) is 1. The summed E-state index contributed by atoms with van der Waals surface area (Å²) in [6, 6.07) is 0.0366. The number of carbonyl (C=O) groups is 2. The van der Waals surface area contributed by atoms with Crippen LogP contribution in [0, 0.1) is 11.3 Å². The number of hydrogen-bond acceptors (Lipinski definition) is 3. The molecule has 0 aromatic carbocycles. The smallest absolute Gasteiger partial charge is 0.229 e. The minimum Gasteiger partial charge on any atom is -0.354 e. The number of nitrogens with one attached hydrogen (secondary N) is 1. The van der Waals surface area contributed by atoms with Crippen LogP contribution in [0.3, 0.4) is 0 Å². The molecule has 2 aliphatic heterocycles. The van der Waals surface area contributed by atoms with E-state index in [1.807, 2.05) is 18.7 Å². The van der Waals surface area contributed by atoms with Crippen LogP contribution in [0.1, 0.15) is 26.7 Å². The summed E-state index contributed by atoms with van der Waals surface area (Å²) in [7, 11) is 0. The molecule has 3 N–H and O–H groups in total. The van der Waals surface area contributed by atoms with Gasteiger partial charge in [-0.1, -0.05) is 0 Å². The SMILES string of the molecule is CC(C)(CN)C(=O)N1CCCC2C(=O)NCC21. The predicted octanol–water partition coefficient (Wildman–Crippen LogP) is -0.292. The van der Waals surface area contributed by atoms with E-state index in [0.29, 0.717) is 13.1 Å². The topological polar surface area (TPSA) is 75.4 Å². The summed E-state index contributed by atoms with van der Waals surface area (Å²) in [6.45, 7) is 5.40. The molecule has 17 heavy (non-hydrogen) atoms. The molecule has 2 fully saturated rings. The Kier molecular flexibility index (Phi) is 3.12. The summed E-state index contributed by atoms with van der Waals surface area (Å²) < 4.78 is 0. The summed E-state index contributed by atoms with van der Waals surface area (Å²) >= 11 is 0. The average Bonchev–Trinajstić information content (AvgIpc) is 2.70. The van der Waals surface area contributed by atoms with Crippen molar-refractivity contribution < 1.29 is 9.59 Å². The Morgan fingerprint density at radius 2 is 2.29 bits per heavy atom. The summed E-state index contributed by atoms with van der Waals surface area (Å²) in [5, 5.41) is 2.85. The summed E-state index contributed by atoms with van der Waals surface area (Å²) in [5.41, 5.74) is 5.11. The molecule has 96 valence electrons. The van der Waals surface area contributed by atoms with E-state index in [1.54, 1.807) is 0 Å². The van der Waals surface area contributed by atoms with E-state index in [9.17, 15) is 9.59 Å². The number of likely N-dealkylation sites (tertiary alicyclic amines) is 1. The Bertz CT molecular complexity index is 341.